The zero-order valence-electron chi connectivity index (χ0n) is 11.6. The highest BCUT2D eigenvalue weighted by molar-refractivity contribution is 5.78. The quantitative estimate of drug-likeness (QED) is 0.571. The van der Waals surface area contributed by atoms with Gasteiger partial charge in [-0.15, -0.1) is 0 Å². The lowest BCUT2D eigenvalue weighted by atomic mass is 9.99. The predicted molar refractivity (Wildman–Crippen MR) is 79.0 cm³/mol. The van der Waals surface area contributed by atoms with Crippen LogP contribution in [0.1, 0.15) is 29.9 Å². The average Bonchev–Trinajstić information content (AvgIpc) is 2.94. The van der Waals surface area contributed by atoms with E-state index in [1.54, 1.807) is 12.3 Å². The van der Waals surface area contributed by atoms with Gasteiger partial charge < -0.3 is 4.42 Å². The largest absolute Gasteiger partial charge is 0.456 e. The summed E-state index contributed by atoms with van der Waals surface area (Å²) in [5.41, 5.74) is 5.05. The molecule has 0 aliphatic rings. The topological polar surface area (TPSA) is 64.1 Å². The molecule has 0 aliphatic heterocycles. The van der Waals surface area contributed by atoms with Gasteiger partial charge in [0.05, 0.1) is 0 Å². The second-order valence-electron chi connectivity index (χ2n) is 4.83. The Morgan fingerprint density at radius 1 is 1.38 bits per heavy atom. The summed E-state index contributed by atoms with van der Waals surface area (Å²) in [7, 11) is 0. The molecule has 2 aromatic heterocycles. The van der Waals surface area contributed by atoms with Gasteiger partial charge in [-0.05, 0) is 35.7 Å². The number of aromatic nitrogens is 1. The van der Waals surface area contributed by atoms with Gasteiger partial charge in [-0.3, -0.25) is 10.8 Å². The van der Waals surface area contributed by atoms with Gasteiger partial charge >= 0.3 is 0 Å². The first-order chi connectivity index (χ1) is 10.2. The molecule has 3 rings (SSSR count). The minimum atomic E-state index is -0.375. The molecule has 0 fully saturated rings. The van der Waals surface area contributed by atoms with Crippen LogP contribution >= 0.6 is 0 Å². The van der Waals surface area contributed by atoms with Crippen molar-refractivity contribution >= 4 is 11.0 Å². The molecule has 21 heavy (non-hydrogen) atoms. The van der Waals surface area contributed by atoms with Crippen LogP contribution in [-0.2, 0) is 6.42 Å². The summed E-state index contributed by atoms with van der Waals surface area (Å²) >= 11 is 0. The molecule has 0 amide bonds. The minimum absolute atomic E-state index is 0.250. The Labute approximate surface area is 121 Å². The van der Waals surface area contributed by atoms with Crippen molar-refractivity contribution in [2.45, 2.75) is 19.4 Å². The Morgan fingerprint density at radius 2 is 2.24 bits per heavy atom. The number of hydrazine groups is 1. The smallest absolute Gasteiger partial charge is 0.169 e. The van der Waals surface area contributed by atoms with Crippen LogP contribution in [0.5, 0.6) is 0 Å². The van der Waals surface area contributed by atoms with E-state index in [1.165, 1.54) is 6.07 Å². The third kappa shape index (κ3) is 2.41. The number of nitrogens with one attached hydrogen (secondary N) is 1. The van der Waals surface area contributed by atoms with E-state index in [2.05, 4.69) is 10.4 Å². The van der Waals surface area contributed by atoms with Crippen molar-refractivity contribution in [2.75, 3.05) is 0 Å². The SMILES string of the molecule is CCc1cnccc1C(NN)c1cc2cccc(F)c2o1. The Morgan fingerprint density at radius 3 is 2.95 bits per heavy atom. The number of hydrogen-bond donors (Lipinski definition) is 2. The molecule has 5 heteroatoms. The summed E-state index contributed by atoms with van der Waals surface area (Å²) < 4.78 is 19.4. The van der Waals surface area contributed by atoms with Crippen molar-refractivity contribution < 1.29 is 8.81 Å². The van der Waals surface area contributed by atoms with Crippen LogP contribution in [0.3, 0.4) is 0 Å². The fourth-order valence-corrected chi connectivity index (χ4v) is 2.53. The van der Waals surface area contributed by atoms with Gasteiger partial charge in [0, 0.05) is 17.8 Å². The van der Waals surface area contributed by atoms with E-state index < -0.39 is 0 Å². The summed E-state index contributed by atoms with van der Waals surface area (Å²) in [6, 6.07) is 8.22. The van der Waals surface area contributed by atoms with Crippen LogP contribution in [-0.4, -0.2) is 4.98 Å². The van der Waals surface area contributed by atoms with Crippen molar-refractivity contribution in [3.05, 3.63) is 65.4 Å². The first-order valence-corrected chi connectivity index (χ1v) is 6.81. The molecule has 1 unspecified atom stereocenters. The lowest BCUT2D eigenvalue weighted by molar-refractivity contribution is 0.463. The predicted octanol–water partition coefficient (Wildman–Crippen LogP) is 3.08. The summed E-state index contributed by atoms with van der Waals surface area (Å²) in [4.78, 5) is 4.12. The Balaban J connectivity index is 2.12. The fraction of sp³-hybridized carbons (Fsp3) is 0.188. The molecule has 4 nitrogen and oxygen atoms in total. The van der Waals surface area contributed by atoms with Gasteiger partial charge in [0.15, 0.2) is 11.4 Å². The normalized spacial score (nSPS) is 12.7. The number of aryl methyl sites for hydroxylation is 1. The number of rotatable bonds is 4. The van der Waals surface area contributed by atoms with E-state index in [9.17, 15) is 4.39 Å². The first-order valence-electron chi connectivity index (χ1n) is 6.81. The van der Waals surface area contributed by atoms with E-state index >= 15 is 0 Å². The van der Waals surface area contributed by atoms with Gasteiger partial charge in [-0.25, -0.2) is 9.82 Å². The Hall–Kier alpha value is -2.24. The van der Waals surface area contributed by atoms with Crippen molar-refractivity contribution in [1.29, 1.82) is 0 Å². The van der Waals surface area contributed by atoms with E-state index in [0.717, 1.165) is 22.9 Å². The maximum absolute atomic E-state index is 13.8. The van der Waals surface area contributed by atoms with Crippen LogP contribution in [0.15, 0.2) is 47.1 Å². The summed E-state index contributed by atoms with van der Waals surface area (Å²) in [5.74, 6) is 5.90. The van der Waals surface area contributed by atoms with Crippen molar-refractivity contribution in [3.8, 4) is 0 Å². The van der Waals surface area contributed by atoms with Gasteiger partial charge in [-0.2, -0.15) is 0 Å². The van der Waals surface area contributed by atoms with Crippen LogP contribution in [0.25, 0.3) is 11.0 Å². The number of furan rings is 1. The number of fused-ring (bicyclic) bond motifs is 1. The molecule has 108 valence electrons. The van der Waals surface area contributed by atoms with Crippen molar-refractivity contribution in [3.63, 3.8) is 0 Å². The Kier molecular flexibility index (Phi) is 3.68. The molecular weight excluding hydrogens is 269 g/mol. The van der Waals surface area contributed by atoms with E-state index in [-0.39, 0.29) is 17.4 Å². The molecule has 0 bridgehead atoms. The molecule has 3 N–H and O–H groups in total. The second-order valence-corrected chi connectivity index (χ2v) is 4.83. The summed E-state index contributed by atoms with van der Waals surface area (Å²) in [6.07, 6.45) is 4.35. The molecule has 0 spiro atoms. The third-order valence-electron chi connectivity index (χ3n) is 3.60. The number of nitrogens with zero attached hydrogens (tertiary/aromatic N) is 1. The highest BCUT2D eigenvalue weighted by atomic mass is 19.1. The number of para-hydroxylation sites is 1. The maximum Gasteiger partial charge on any atom is 0.169 e. The first kappa shape index (κ1) is 13.7. The third-order valence-corrected chi connectivity index (χ3v) is 3.60. The molecular formula is C16H16FN3O. The van der Waals surface area contributed by atoms with Gasteiger partial charge in [0.1, 0.15) is 11.8 Å². The minimum Gasteiger partial charge on any atom is -0.456 e. The maximum atomic E-state index is 13.8. The number of halogens is 1. The van der Waals surface area contributed by atoms with Crippen molar-refractivity contribution in [2.24, 2.45) is 5.84 Å². The molecule has 0 saturated carbocycles. The second kappa shape index (κ2) is 5.63. The molecule has 0 saturated heterocycles. The zero-order chi connectivity index (χ0) is 14.8. The number of hydrogen-bond acceptors (Lipinski definition) is 4. The van der Waals surface area contributed by atoms with Crippen LogP contribution < -0.4 is 11.3 Å². The van der Waals surface area contributed by atoms with Crippen LogP contribution in [0.2, 0.25) is 0 Å². The average molecular weight is 285 g/mol. The lowest BCUT2D eigenvalue weighted by Gasteiger charge is -2.16. The van der Waals surface area contributed by atoms with Gasteiger partial charge in [-0.1, -0.05) is 19.1 Å². The summed E-state index contributed by atoms with van der Waals surface area (Å²) in [5, 5.41) is 0.720. The van der Waals surface area contributed by atoms with Gasteiger partial charge in [0.2, 0.25) is 0 Å². The van der Waals surface area contributed by atoms with Crippen molar-refractivity contribution in [1.82, 2.24) is 10.4 Å². The van der Waals surface area contributed by atoms with Crippen LogP contribution in [0, 0.1) is 5.82 Å². The lowest BCUT2D eigenvalue weighted by Crippen LogP contribution is -2.29. The van der Waals surface area contributed by atoms with E-state index in [0.29, 0.717) is 5.76 Å². The Bertz CT molecular complexity index is 769. The highest BCUT2D eigenvalue weighted by Gasteiger charge is 2.20. The standard InChI is InChI=1S/C16H16FN3O/c1-2-10-9-19-7-6-12(10)15(20-18)14-8-11-4-3-5-13(17)16(11)21-14/h3-9,15,20H,2,18H2,1H3. The molecule has 0 aliphatic carbocycles. The molecule has 0 radical (unpaired) electrons. The van der Waals surface area contributed by atoms with E-state index in [4.69, 9.17) is 10.3 Å². The molecule has 1 atom stereocenters. The summed E-state index contributed by atoms with van der Waals surface area (Å²) in [6.45, 7) is 2.05. The zero-order valence-corrected chi connectivity index (χ0v) is 11.6. The molecule has 2 heterocycles. The highest BCUT2D eigenvalue weighted by Crippen LogP contribution is 2.30. The van der Waals surface area contributed by atoms with Gasteiger partial charge in [0.25, 0.3) is 0 Å². The monoisotopic (exact) mass is 285 g/mol. The fourth-order valence-electron chi connectivity index (χ4n) is 2.53. The van der Waals surface area contributed by atoms with E-state index in [1.807, 2.05) is 31.3 Å². The number of pyridine rings is 1. The number of nitrogens with two attached hydrogens (primary N) is 1. The number of benzene rings is 1. The van der Waals surface area contributed by atoms with Crippen LogP contribution in [0.4, 0.5) is 4.39 Å². The molecule has 3 aromatic rings. The molecule has 1 aromatic carbocycles.